The average molecular weight is 169 g/mol. The number of rotatable bonds is 2. The summed E-state index contributed by atoms with van der Waals surface area (Å²) < 4.78 is 5.00. The van der Waals surface area contributed by atoms with Crippen LogP contribution in [0.15, 0.2) is 29.2 Å². The van der Waals surface area contributed by atoms with Gasteiger partial charge in [0.15, 0.2) is 6.29 Å². The third-order valence-corrected chi connectivity index (χ3v) is 1.48. The molecule has 0 saturated heterocycles. The zero-order chi connectivity index (χ0) is 8.27. The van der Waals surface area contributed by atoms with Crippen LogP contribution in [0.5, 0.6) is 5.75 Å². The molecule has 1 N–H and O–H groups in total. The number of para-hydroxylation sites is 1. The smallest absolute Gasteiger partial charge is 0.194 e. The van der Waals surface area contributed by atoms with Gasteiger partial charge in [-0.05, 0) is 19.1 Å². The number of benzene rings is 1. The second-order valence-corrected chi connectivity index (χ2v) is 2.60. The van der Waals surface area contributed by atoms with Gasteiger partial charge in [0.25, 0.3) is 0 Å². The molecule has 59 valence electrons. The molecule has 11 heavy (non-hydrogen) atoms. The lowest BCUT2D eigenvalue weighted by molar-refractivity contribution is -0.00231. The number of ether oxygens (including phenoxy) is 1. The Balaban J connectivity index is 2.78. The molecule has 2 nitrogen and oxygen atoms in total. The Labute approximate surface area is 71.2 Å². The molecule has 0 spiro atoms. The summed E-state index contributed by atoms with van der Waals surface area (Å²) in [5.74, 6) is 0.553. The van der Waals surface area contributed by atoms with E-state index in [4.69, 9.17) is 22.5 Å². The van der Waals surface area contributed by atoms with E-state index in [1.54, 1.807) is 19.1 Å². The summed E-state index contributed by atoms with van der Waals surface area (Å²) in [5, 5.41) is 8.86. The van der Waals surface area contributed by atoms with E-state index in [1.807, 2.05) is 12.1 Å². The zero-order valence-electron chi connectivity index (χ0n) is 6.15. The quantitative estimate of drug-likeness (QED) is 0.686. The largest absolute Gasteiger partial charge is 0.464 e. The highest BCUT2D eigenvalue weighted by Gasteiger charge is 2.01. The summed E-state index contributed by atoms with van der Waals surface area (Å²) in [6.07, 6.45) is -0.806. The van der Waals surface area contributed by atoms with Gasteiger partial charge >= 0.3 is 0 Å². The van der Waals surface area contributed by atoms with Gasteiger partial charge in [-0.3, -0.25) is 0 Å². The minimum absolute atomic E-state index is 0.553. The molecular formula is C8H9O2S. The molecule has 3 heteroatoms. The van der Waals surface area contributed by atoms with Gasteiger partial charge in [0.2, 0.25) is 0 Å². The molecule has 0 heterocycles. The zero-order valence-corrected chi connectivity index (χ0v) is 6.97. The van der Waals surface area contributed by atoms with Gasteiger partial charge in [0.1, 0.15) is 5.75 Å². The molecule has 0 aromatic heterocycles. The van der Waals surface area contributed by atoms with Gasteiger partial charge in [-0.25, -0.2) is 0 Å². The predicted octanol–water partition coefficient (Wildman–Crippen LogP) is 1.96. The highest BCUT2D eigenvalue weighted by Crippen LogP contribution is 2.21. The second kappa shape index (κ2) is 3.55. The van der Waals surface area contributed by atoms with Crippen molar-refractivity contribution in [3.63, 3.8) is 0 Å². The maximum absolute atomic E-state index is 8.86. The Bertz CT molecular complexity index is 235. The van der Waals surface area contributed by atoms with E-state index in [2.05, 4.69) is 0 Å². The fraction of sp³-hybridized carbons (Fsp3) is 0.250. The van der Waals surface area contributed by atoms with E-state index in [9.17, 15) is 0 Å². The summed E-state index contributed by atoms with van der Waals surface area (Å²) in [4.78, 5) is 0.619. The molecule has 1 aromatic rings. The molecule has 0 amide bonds. The van der Waals surface area contributed by atoms with Crippen LogP contribution >= 0.6 is 12.6 Å². The molecule has 1 radical (unpaired) electrons. The van der Waals surface area contributed by atoms with Crippen LogP contribution in [-0.2, 0) is 0 Å². The van der Waals surface area contributed by atoms with E-state index in [0.29, 0.717) is 10.6 Å². The molecule has 0 aliphatic carbocycles. The van der Waals surface area contributed by atoms with Crippen molar-refractivity contribution in [3.05, 3.63) is 24.3 Å². The molecule has 0 fully saturated rings. The van der Waals surface area contributed by atoms with Crippen LogP contribution in [-0.4, -0.2) is 11.4 Å². The first-order valence-corrected chi connectivity index (χ1v) is 3.72. The number of aliphatic hydroxyl groups excluding tert-OH is 1. The fourth-order valence-electron chi connectivity index (χ4n) is 0.731. The van der Waals surface area contributed by atoms with Crippen LogP contribution in [0.4, 0.5) is 0 Å². The number of aliphatic hydroxyl groups is 1. The maximum Gasteiger partial charge on any atom is 0.194 e. The molecule has 0 saturated carbocycles. The minimum atomic E-state index is -0.806. The molecule has 1 atom stereocenters. The second-order valence-electron chi connectivity index (χ2n) is 2.16. The van der Waals surface area contributed by atoms with E-state index in [1.165, 1.54) is 0 Å². The number of hydrogen-bond donors (Lipinski definition) is 1. The molecule has 1 unspecified atom stereocenters. The highest BCUT2D eigenvalue weighted by molar-refractivity contribution is 7.80. The Morgan fingerprint density at radius 1 is 1.45 bits per heavy atom. The van der Waals surface area contributed by atoms with Crippen LogP contribution < -0.4 is 4.74 Å². The van der Waals surface area contributed by atoms with E-state index in [0.717, 1.165) is 0 Å². The molecule has 0 aliphatic heterocycles. The maximum atomic E-state index is 8.86. The summed E-state index contributed by atoms with van der Waals surface area (Å²) in [6, 6.07) is 7.13. The van der Waals surface area contributed by atoms with Crippen molar-refractivity contribution in [1.29, 1.82) is 0 Å². The first-order chi connectivity index (χ1) is 5.20. The lowest BCUT2D eigenvalue weighted by Gasteiger charge is -2.08. The van der Waals surface area contributed by atoms with Crippen LogP contribution in [0.2, 0.25) is 0 Å². The summed E-state index contributed by atoms with van der Waals surface area (Å²) >= 11 is 4.93. The first-order valence-electron chi connectivity index (χ1n) is 3.31. The van der Waals surface area contributed by atoms with Crippen LogP contribution in [0.1, 0.15) is 6.92 Å². The van der Waals surface area contributed by atoms with Crippen molar-refractivity contribution < 1.29 is 9.84 Å². The fourth-order valence-corrected chi connectivity index (χ4v) is 0.926. The minimum Gasteiger partial charge on any atom is -0.464 e. The lowest BCUT2D eigenvalue weighted by Crippen LogP contribution is -2.09. The highest BCUT2D eigenvalue weighted by atomic mass is 32.1. The van der Waals surface area contributed by atoms with E-state index in [-0.39, 0.29) is 0 Å². The summed E-state index contributed by atoms with van der Waals surface area (Å²) in [6.45, 7) is 1.54. The van der Waals surface area contributed by atoms with Gasteiger partial charge in [0.05, 0.1) is 4.90 Å². The van der Waals surface area contributed by atoms with Crippen molar-refractivity contribution >= 4 is 12.6 Å². The van der Waals surface area contributed by atoms with Crippen LogP contribution in [0, 0.1) is 0 Å². The normalized spacial score (nSPS) is 12.5. The summed E-state index contributed by atoms with van der Waals surface area (Å²) in [5.41, 5.74) is 0. The molecule has 0 bridgehead atoms. The molecule has 1 aromatic carbocycles. The monoisotopic (exact) mass is 169 g/mol. The van der Waals surface area contributed by atoms with Crippen molar-refractivity contribution in [2.24, 2.45) is 0 Å². The van der Waals surface area contributed by atoms with Crippen molar-refractivity contribution in [1.82, 2.24) is 0 Å². The first kappa shape index (κ1) is 8.30. The van der Waals surface area contributed by atoms with E-state index >= 15 is 0 Å². The Kier molecular flexibility index (Phi) is 2.68. The third kappa shape index (κ3) is 2.37. The molecular weight excluding hydrogens is 160 g/mol. The van der Waals surface area contributed by atoms with Gasteiger partial charge in [-0.15, -0.1) is 0 Å². The summed E-state index contributed by atoms with van der Waals surface area (Å²) in [7, 11) is 0. The molecule has 1 rings (SSSR count). The Morgan fingerprint density at radius 2 is 2.09 bits per heavy atom. The standard InChI is InChI=1S/C8H9O2S/c1-6(9)10-7-4-2-3-5-8(7)11/h2-6,9H,1H3. The predicted molar refractivity (Wildman–Crippen MR) is 44.6 cm³/mol. The Morgan fingerprint density at radius 3 is 2.64 bits per heavy atom. The Hall–Kier alpha value is -0.800. The third-order valence-electron chi connectivity index (χ3n) is 1.15. The molecule has 0 aliphatic rings. The van der Waals surface area contributed by atoms with Crippen LogP contribution in [0.25, 0.3) is 0 Å². The van der Waals surface area contributed by atoms with Crippen molar-refractivity contribution in [2.75, 3.05) is 0 Å². The lowest BCUT2D eigenvalue weighted by atomic mass is 10.3. The van der Waals surface area contributed by atoms with E-state index < -0.39 is 6.29 Å². The van der Waals surface area contributed by atoms with Gasteiger partial charge in [0, 0.05) is 0 Å². The topological polar surface area (TPSA) is 29.5 Å². The van der Waals surface area contributed by atoms with Gasteiger partial charge in [-0.2, -0.15) is 0 Å². The number of hydrogen-bond acceptors (Lipinski definition) is 2. The van der Waals surface area contributed by atoms with Crippen LogP contribution in [0.3, 0.4) is 0 Å². The average Bonchev–Trinajstić information content (AvgIpc) is 1.93. The van der Waals surface area contributed by atoms with Crippen molar-refractivity contribution in [3.8, 4) is 5.75 Å². The van der Waals surface area contributed by atoms with Crippen molar-refractivity contribution in [2.45, 2.75) is 18.1 Å². The van der Waals surface area contributed by atoms with Gasteiger partial charge in [-0.1, -0.05) is 24.8 Å². The SMILES string of the molecule is CC(O)Oc1ccccc1[S]. The van der Waals surface area contributed by atoms with Gasteiger partial charge < -0.3 is 9.84 Å².